The molecule has 1 aromatic rings. The topological polar surface area (TPSA) is 38.5 Å². The van der Waals surface area contributed by atoms with Crippen LogP contribution in [0.15, 0.2) is 24.3 Å². The predicted molar refractivity (Wildman–Crippen MR) is 67.4 cm³/mol. The van der Waals surface area contributed by atoms with Crippen molar-refractivity contribution < 1.29 is 17.9 Å². The normalized spacial score (nSPS) is 20.4. The van der Waals surface area contributed by atoms with E-state index in [1.165, 1.54) is 0 Å². The number of alkyl halides is 3. The number of benzene rings is 1. The van der Waals surface area contributed by atoms with Gasteiger partial charge in [0.25, 0.3) is 0 Å². The number of hydrogen-bond acceptors (Lipinski definition) is 3. The van der Waals surface area contributed by atoms with Gasteiger partial charge in [0, 0.05) is 19.1 Å². The maximum atomic E-state index is 12.2. The van der Waals surface area contributed by atoms with Crippen LogP contribution >= 0.6 is 0 Å². The Bertz CT molecular complexity index is 423. The summed E-state index contributed by atoms with van der Waals surface area (Å²) in [5.41, 5.74) is 6.58. The second-order valence-electron chi connectivity index (χ2n) is 4.72. The molecule has 1 unspecified atom stereocenters. The van der Waals surface area contributed by atoms with Crippen LogP contribution in [0.4, 0.5) is 18.9 Å². The first kappa shape index (κ1) is 14.0. The summed E-state index contributed by atoms with van der Waals surface area (Å²) in [5, 5.41) is 0. The van der Waals surface area contributed by atoms with Crippen molar-refractivity contribution in [2.45, 2.75) is 25.1 Å². The van der Waals surface area contributed by atoms with Gasteiger partial charge in [-0.1, -0.05) is 12.1 Å². The zero-order chi connectivity index (χ0) is 13.9. The highest BCUT2D eigenvalue weighted by atomic mass is 19.4. The smallest absolute Gasteiger partial charge is 0.422 e. The molecule has 0 amide bonds. The van der Waals surface area contributed by atoms with Crippen LogP contribution in [0.25, 0.3) is 0 Å². The number of ether oxygens (including phenoxy) is 1. The molecule has 1 saturated heterocycles. The van der Waals surface area contributed by atoms with Gasteiger partial charge in [0.05, 0.1) is 5.69 Å². The molecule has 6 heteroatoms. The number of nitrogens with zero attached hydrogens (tertiary/aromatic N) is 1. The molecule has 19 heavy (non-hydrogen) atoms. The van der Waals surface area contributed by atoms with Gasteiger partial charge >= 0.3 is 6.18 Å². The van der Waals surface area contributed by atoms with Crippen LogP contribution in [0.1, 0.15) is 12.8 Å². The Morgan fingerprint density at radius 3 is 2.74 bits per heavy atom. The van der Waals surface area contributed by atoms with Crippen LogP contribution in [-0.4, -0.2) is 31.9 Å². The van der Waals surface area contributed by atoms with Gasteiger partial charge in [0.1, 0.15) is 5.75 Å². The minimum Gasteiger partial charge on any atom is -0.482 e. The van der Waals surface area contributed by atoms with E-state index in [9.17, 15) is 13.2 Å². The molecule has 1 atom stereocenters. The van der Waals surface area contributed by atoms with Crippen molar-refractivity contribution in [3.63, 3.8) is 0 Å². The lowest BCUT2D eigenvalue weighted by molar-refractivity contribution is -0.153. The van der Waals surface area contributed by atoms with Gasteiger partial charge in [0.15, 0.2) is 6.61 Å². The Hall–Kier alpha value is -1.43. The summed E-state index contributed by atoms with van der Waals surface area (Å²) in [6.45, 7) is 0.163. The van der Waals surface area contributed by atoms with Crippen LogP contribution in [0.5, 0.6) is 5.75 Å². The highest BCUT2D eigenvalue weighted by molar-refractivity contribution is 5.58. The molecule has 0 aliphatic carbocycles. The molecule has 1 aliphatic heterocycles. The van der Waals surface area contributed by atoms with E-state index in [1.54, 1.807) is 24.3 Å². The third-order valence-electron chi connectivity index (χ3n) is 3.06. The third kappa shape index (κ3) is 4.02. The fourth-order valence-corrected chi connectivity index (χ4v) is 2.23. The van der Waals surface area contributed by atoms with Crippen LogP contribution in [0.2, 0.25) is 0 Å². The zero-order valence-corrected chi connectivity index (χ0v) is 10.5. The molecule has 0 saturated carbocycles. The van der Waals surface area contributed by atoms with Crippen molar-refractivity contribution in [1.29, 1.82) is 0 Å². The molecule has 2 N–H and O–H groups in total. The largest absolute Gasteiger partial charge is 0.482 e. The molecule has 106 valence electrons. The Balaban J connectivity index is 2.11. The molecule has 1 heterocycles. The molecule has 3 nitrogen and oxygen atoms in total. The number of halogens is 3. The van der Waals surface area contributed by atoms with E-state index in [1.807, 2.05) is 4.90 Å². The summed E-state index contributed by atoms with van der Waals surface area (Å²) >= 11 is 0. The van der Waals surface area contributed by atoms with Gasteiger partial charge in [-0.3, -0.25) is 0 Å². The second-order valence-corrected chi connectivity index (χ2v) is 4.72. The standard InChI is InChI=1S/C13H17F3N2O/c14-13(15,16)9-19-12-6-2-1-5-11(12)18-7-3-4-10(17)8-18/h1-2,5-6,10H,3-4,7-9,17H2. The number of hydrogen-bond donors (Lipinski definition) is 1. The van der Waals surface area contributed by atoms with Crippen molar-refractivity contribution in [3.8, 4) is 5.75 Å². The monoisotopic (exact) mass is 274 g/mol. The quantitative estimate of drug-likeness (QED) is 0.920. The van der Waals surface area contributed by atoms with Crippen molar-refractivity contribution in [3.05, 3.63) is 24.3 Å². The summed E-state index contributed by atoms with van der Waals surface area (Å²) in [6, 6.07) is 6.84. The summed E-state index contributed by atoms with van der Waals surface area (Å²) in [7, 11) is 0. The molecule has 1 aromatic carbocycles. The molecule has 1 aliphatic rings. The van der Waals surface area contributed by atoms with E-state index in [-0.39, 0.29) is 11.8 Å². The number of nitrogens with two attached hydrogens (primary N) is 1. The summed E-state index contributed by atoms with van der Waals surface area (Å²) in [4.78, 5) is 1.99. The van der Waals surface area contributed by atoms with E-state index in [0.717, 1.165) is 19.4 Å². The average Bonchev–Trinajstić information content (AvgIpc) is 2.36. The van der Waals surface area contributed by atoms with Gasteiger partial charge in [0.2, 0.25) is 0 Å². The lowest BCUT2D eigenvalue weighted by Crippen LogP contribution is -2.43. The molecule has 0 radical (unpaired) electrons. The Labute approximate surface area is 110 Å². The van der Waals surface area contributed by atoms with E-state index in [0.29, 0.717) is 12.2 Å². The lowest BCUT2D eigenvalue weighted by Gasteiger charge is -2.33. The average molecular weight is 274 g/mol. The van der Waals surface area contributed by atoms with Gasteiger partial charge in [-0.15, -0.1) is 0 Å². The van der Waals surface area contributed by atoms with E-state index in [2.05, 4.69) is 0 Å². The highest BCUT2D eigenvalue weighted by Gasteiger charge is 2.29. The first-order valence-electron chi connectivity index (χ1n) is 6.25. The van der Waals surface area contributed by atoms with Crippen LogP contribution < -0.4 is 15.4 Å². The molecule has 2 rings (SSSR count). The third-order valence-corrected chi connectivity index (χ3v) is 3.06. The van der Waals surface area contributed by atoms with Crippen molar-refractivity contribution in [2.75, 3.05) is 24.6 Å². The summed E-state index contributed by atoms with van der Waals surface area (Å²) < 4.78 is 41.5. The maximum absolute atomic E-state index is 12.2. The van der Waals surface area contributed by atoms with Gasteiger partial charge in [-0.05, 0) is 25.0 Å². The van der Waals surface area contributed by atoms with Crippen molar-refractivity contribution in [1.82, 2.24) is 0 Å². The lowest BCUT2D eigenvalue weighted by atomic mass is 10.1. The first-order chi connectivity index (χ1) is 8.96. The second kappa shape index (κ2) is 5.69. The van der Waals surface area contributed by atoms with Crippen LogP contribution in [0.3, 0.4) is 0 Å². The van der Waals surface area contributed by atoms with Crippen LogP contribution in [-0.2, 0) is 0 Å². The Morgan fingerprint density at radius 1 is 1.32 bits per heavy atom. The molecular formula is C13H17F3N2O. The van der Waals surface area contributed by atoms with Crippen molar-refractivity contribution >= 4 is 5.69 Å². The molecule has 0 aromatic heterocycles. The minimum absolute atomic E-state index is 0.0597. The number of anilines is 1. The number of rotatable bonds is 3. The summed E-state index contributed by atoms with van der Waals surface area (Å²) in [5.74, 6) is 0.258. The summed E-state index contributed by atoms with van der Waals surface area (Å²) in [6.07, 6.45) is -2.44. The number of para-hydroxylation sites is 2. The van der Waals surface area contributed by atoms with E-state index < -0.39 is 12.8 Å². The van der Waals surface area contributed by atoms with Gasteiger partial charge in [-0.2, -0.15) is 13.2 Å². The molecule has 0 bridgehead atoms. The SMILES string of the molecule is NC1CCCN(c2ccccc2OCC(F)(F)F)C1. The first-order valence-corrected chi connectivity index (χ1v) is 6.25. The van der Waals surface area contributed by atoms with E-state index in [4.69, 9.17) is 10.5 Å². The maximum Gasteiger partial charge on any atom is 0.422 e. The minimum atomic E-state index is -4.33. The molecule has 0 spiro atoms. The highest BCUT2D eigenvalue weighted by Crippen LogP contribution is 2.31. The Morgan fingerprint density at radius 2 is 2.05 bits per heavy atom. The predicted octanol–water partition coefficient (Wildman–Crippen LogP) is 2.56. The fraction of sp³-hybridized carbons (Fsp3) is 0.538. The number of piperidine rings is 1. The van der Waals surface area contributed by atoms with Gasteiger partial charge in [-0.25, -0.2) is 0 Å². The molecular weight excluding hydrogens is 257 g/mol. The van der Waals surface area contributed by atoms with Gasteiger partial charge < -0.3 is 15.4 Å². The fourth-order valence-electron chi connectivity index (χ4n) is 2.23. The zero-order valence-electron chi connectivity index (χ0n) is 10.5. The van der Waals surface area contributed by atoms with E-state index >= 15 is 0 Å². The van der Waals surface area contributed by atoms with Crippen molar-refractivity contribution in [2.24, 2.45) is 5.73 Å². The van der Waals surface area contributed by atoms with Crippen LogP contribution in [0, 0.1) is 0 Å². The Kier molecular flexibility index (Phi) is 4.19. The molecule has 1 fully saturated rings.